The lowest BCUT2D eigenvalue weighted by molar-refractivity contribution is -0.149. The number of furan rings is 1. The second-order valence-corrected chi connectivity index (χ2v) is 7.93. The Balaban J connectivity index is 1.75. The van der Waals surface area contributed by atoms with Gasteiger partial charge in [0.25, 0.3) is 11.1 Å². The van der Waals surface area contributed by atoms with Gasteiger partial charge in [0.1, 0.15) is 18.1 Å². The summed E-state index contributed by atoms with van der Waals surface area (Å²) in [4.78, 5) is 37.3. The van der Waals surface area contributed by atoms with Crippen LogP contribution in [-0.2, 0) is 14.3 Å². The molecule has 0 bridgehead atoms. The molecule has 3 rings (SSSR count). The van der Waals surface area contributed by atoms with E-state index in [-0.39, 0.29) is 11.0 Å². The molecule has 6 nitrogen and oxygen atoms in total. The molecule has 0 spiro atoms. The van der Waals surface area contributed by atoms with Gasteiger partial charge in [0.05, 0.1) is 11.0 Å². The Bertz CT molecular complexity index is 934. The number of nitrogens with zero attached hydrogens (tertiary/aromatic N) is 1. The minimum absolute atomic E-state index is 0.201. The highest BCUT2D eigenvalue weighted by atomic mass is 79.9. The lowest BCUT2D eigenvalue weighted by Crippen LogP contribution is -2.35. The standard InChI is InChI=1S/C19H16BrNO5S/c1-11(2)25-17(22)10-21-18(23)16(27-19(21)24)9-14-6-7-15(26-14)12-4-3-5-13(20)8-12/h3-9,11H,10H2,1-2H3/b16-9-. The van der Waals surface area contributed by atoms with Crippen molar-refractivity contribution in [2.24, 2.45) is 0 Å². The van der Waals surface area contributed by atoms with E-state index in [9.17, 15) is 14.4 Å². The Morgan fingerprint density at radius 2 is 2.07 bits per heavy atom. The molecule has 0 radical (unpaired) electrons. The number of hydrogen-bond acceptors (Lipinski definition) is 6. The average Bonchev–Trinajstić information content (AvgIpc) is 3.15. The number of carbonyl (C=O) groups excluding carboxylic acids is 3. The maximum atomic E-state index is 12.4. The van der Waals surface area contributed by atoms with Crippen molar-refractivity contribution in [1.82, 2.24) is 4.90 Å². The van der Waals surface area contributed by atoms with Crippen LogP contribution in [-0.4, -0.2) is 34.7 Å². The molecule has 0 atom stereocenters. The molecule has 0 unspecified atom stereocenters. The van der Waals surface area contributed by atoms with Gasteiger partial charge in [0.15, 0.2) is 0 Å². The highest BCUT2D eigenvalue weighted by molar-refractivity contribution is 9.10. The van der Waals surface area contributed by atoms with E-state index in [1.807, 2.05) is 24.3 Å². The first-order chi connectivity index (χ1) is 12.8. The number of halogens is 1. The van der Waals surface area contributed by atoms with Crippen LogP contribution in [0, 0.1) is 0 Å². The van der Waals surface area contributed by atoms with Crippen molar-refractivity contribution >= 4 is 50.9 Å². The van der Waals surface area contributed by atoms with E-state index in [1.54, 1.807) is 26.0 Å². The minimum Gasteiger partial charge on any atom is -0.462 e. The third-order valence-corrected chi connectivity index (χ3v) is 4.94. The summed E-state index contributed by atoms with van der Waals surface area (Å²) >= 11 is 4.18. The van der Waals surface area contributed by atoms with Crippen LogP contribution in [0.3, 0.4) is 0 Å². The Morgan fingerprint density at radius 3 is 2.78 bits per heavy atom. The maximum absolute atomic E-state index is 12.4. The van der Waals surface area contributed by atoms with Crippen molar-refractivity contribution < 1.29 is 23.5 Å². The predicted molar refractivity (Wildman–Crippen MR) is 106 cm³/mol. The molecule has 1 aromatic heterocycles. The van der Waals surface area contributed by atoms with Crippen molar-refractivity contribution in [3.05, 3.63) is 51.5 Å². The molecule has 1 aromatic carbocycles. The highest BCUT2D eigenvalue weighted by Crippen LogP contribution is 2.33. The summed E-state index contributed by atoms with van der Waals surface area (Å²) in [6.07, 6.45) is 1.19. The summed E-state index contributed by atoms with van der Waals surface area (Å²) < 4.78 is 11.7. The number of amides is 2. The van der Waals surface area contributed by atoms with E-state index in [1.165, 1.54) is 6.08 Å². The zero-order valence-corrected chi connectivity index (χ0v) is 17.0. The van der Waals surface area contributed by atoms with Gasteiger partial charge in [-0.25, -0.2) is 0 Å². The number of esters is 1. The molecule has 1 saturated heterocycles. The lowest BCUT2D eigenvalue weighted by atomic mass is 10.2. The van der Waals surface area contributed by atoms with Crippen LogP contribution in [0.25, 0.3) is 17.4 Å². The van der Waals surface area contributed by atoms with Crippen LogP contribution >= 0.6 is 27.7 Å². The smallest absolute Gasteiger partial charge is 0.326 e. The number of ether oxygens (including phenoxy) is 1. The molecule has 0 N–H and O–H groups in total. The van der Waals surface area contributed by atoms with Crippen LogP contribution in [0.1, 0.15) is 19.6 Å². The molecule has 2 aromatic rings. The van der Waals surface area contributed by atoms with Gasteiger partial charge in [-0.15, -0.1) is 0 Å². The fourth-order valence-corrected chi connectivity index (χ4v) is 3.64. The molecule has 1 aliphatic heterocycles. The van der Waals surface area contributed by atoms with Gasteiger partial charge in [-0.05, 0) is 49.9 Å². The molecular formula is C19H16BrNO5S. The van der Waals surface area contributed by atoms with Gasteiger partial charge < -0.3 is 9.15 Å². The quantitative estimate of drug-likeness (QED) is 0.486. The first kappa shape index (κ1) is 19.4. The van der Waals surface area contributed by atoms with Crippen LogP contribution in [0.2, 0.25) is 0 Å². The zero-order valence-electron chi connectivity index (χ0n) is 14.6. The first-order valence-corrected chi connectivity index (χ1v) is 9.75. The Hall–Kier alpha value is -2.32. The van der Waals surface area contributed by atoms with Gasteiger partial charge >= 0.3 is 5.97 Å². The number of carbonyl (C=O) groups is 3. The molecule has 2 heterocycles. The maximum Gasteiger partial charge on any atom is 0.326 e. The Kier molecular flexibility index (Phi) is 5.86. The van der Waals surface area contributed by atoms with E-state index in [0.717, 1.165) is 26.7 Å². The molecular weight excluding hydrogens is 434 g/mol. The second-order valence-electron chi connectivity index (χ2n) is 6.02. The fraction of sp³-hybridized carbons (Fsp3) is 0.211. The van der Waals surface area contributed by atoms with Gasteiger partial charge in [0.2, 0.25) is 0 Å². The Labute approximate surface area is 168 Å². The number of thioether (sulfide) groups is 1. The summed E-state index contributed by atoms with van der Waals surface area (Å²) in [6, 6.07) is 11.1. The van der Waals surface area contributed by atoms with Gasteiger partial charge in [-0.1, -0.05) is 28.1 Å². The summed E-state index contributed by atoms with van der Waals surface area (Å²) in [5, 5.41) is -0.509. The summed E-state index contributed by atoms with van der Waals surface area (Å²) in [6.45, 7) is 3.00. The van der Waals surface area contributed by atoms with Gasteiger partial charge in [-0.3, -0.25) is 19.3 Å². The van der Waals surface area contributed by atoms with E-state index in [4.69, 9.17) is 9.15 Å². The fourth-order valence-electron chi connectivity index (χ4n) is 2.42. The monoisotopic (exact) mass is 449 g/mol. The SMILES string of the molecule is CC(C)OC(=O)CN1C(=O)S/C(=C\c2ccc(-c3cccc(Br)c3)o2)C1=O. The molecule has 27 heavy (non-hydrogen) atoms. The Morgan fingerprint density at radius 1 is 1.30 bits per heavy atom. The van der Waals surface area contributed by atoms with Crippen molar-refractivity contribution in [3.8, 4) is 11.3 Å². The van der Waals surface area contributed by atoms with Crippen LogP contribution in [0.15, 0.2) is 50.2 Å². The predicted octanol–water partition coefficient (Wildman–Crippen LogP) is 4.70. The number of imide groups is 1. The molecule has 0 saturated carbocycles. The molecule has 0 aliphatic carbocycles. The molecule has 140 valence electrons. The second kappa shape index (κ2) is 8.14. The summed E-state index contributed by atoms with van der Waals surface area (Å²) in [5.74, 6) is -0.0721. The van der Waals surface area contributed by atoms with Crippen LogP contribution in [0.5, 0.6) is 0 Å². The summed E-state index contributed by atoms with van der Waals surface area (Å²) in [7, 11) is 0. The van der Waals surface area contributed by atoms with E-state index in [0.29, 0.717) is 11.5 Å². The third-order valence-electron chi connectivity index (χ3n) is 3.54. The molecule has 2 amide bonds. The largest absolute Gasteiger partial charge is 0.462 e. The summed E-state index contributed by atoms with van der Waals surface area (Å²) in [5.41, 5.74) is 0.883. The van der Waals surface area contributed by atoms with Gasteiger partial charge in [0, 0.05) is 16.1 Å². The van der Waals surface area contributed by atoms with E-state index >= 15 is 0 Å². The molecule has 1 fully saturated rings. The van der Waals surface area contributed by atoms with E-state index < -0.39 is 23.7 Å². The number of rotatable bonds is 5. The minimum atomic E-state index is -0.622. The van der Waals surface area contributed by atoms with Crippen molar-refractivity contribution in [2.45, 2.75) is 20.0 Å². The van der Waals surface area contributed by atoms with Crippen LogP contribution in [0.4, 0.5) is 4.79 Å². The van der Waals surface area contributed by atoms with Gasteiger partial charge in [-0.2, -0.15) is 0 Å². The average molecular weight is 450 g/mol. The van der Waals surface area contributed by atoms with E-state index in [2.05, 4.69) is 15.9 Å². The van der Waals surface area contributed by atoms with Crippen molar-refractivity contribution in [2.75, 3.05) is 6.54 Å². The molecule has 1 aliphatic rings. The van der Waals surface area contributed by atoms with Crippen molar-refractivity contribution in [3.63, 3.8) is 0 Å². The lowest BCUT2D eigenvalue weighted by Gasteiger charge is -2.13. The van der Waals surface area contributed by atoms with Crippen LogP contribution < -0.4 is 0 Å². The normalized spacial score (nSPS) is 15.9. The topological polar surface area (TPSA) is 76.8 Å². The van der Waals surface area contributed by atoms with Crippen molar-refractivity contribution in [1.29, 1.82) is 0 Å². The first-order valence-electron chi connectivity index (χ1n) is 8.14. The number of hydrogen-bond donors (Lipinski definition) is 0. The number of benzene rings is 1. The highest BCUT2D eigenvalue weighted by Gasteiger charge is 2.37. The molecule has 8 heteroatoms. The zero-order chi connectivity index (χ0) is 19.6. The third kappa shape index (κ3) is 4.70.